The molecule has 0 radical (unpaired) electrons. The van der Waals surface area contributed by atoms with Crippen LogP contribution in [0.3, 0.4) is 0 Å². The number of ether oxygens (including phenoxy) is 1. The lowest BCUT2D eigenvalue weighted by atomic mass is 10.2. The highest BCUT2D eigenvalue weighted by Gasteiger charge is 2.22. The quantitative estimate of drug-likeness (QED) is 0.714. The van der Waals surface area contributed by atoms with Crippen LogP contribution in [0.25, 0.3) is 0 Å². The Kier molecular flexibility index (Phi) is 5.70. The molecular weight excluding hydrogens is 276 g/mol. The fraction of sp³-hybridized carbons (Fsp3) is 0.500. The number of nitrogens with one attached hydrogen (secondary N) is 2. The Bertz CT molecular complexity index is 450. The topological polar surface area (TPSA) is 70.6 Å². The van der Waals surface area contributed by atoms with Gasteiger partial charge >= 0.3 is 0 Å². The first kappa shape index (κ1) is 15.2. The van der Waals surface area contributed by atoms with E-state index in [0.717, 1.165) is 22.9 Å². The van der Waals surface area contributed by atoms with Gasteiger partial charge < -0.3 is 15.2 Å². The summed E-state index contributed by atoms with van der Waals surface area (Å²) in [5, 5.41) is 15.6. The lowest BCUT2D eigenvalue weighted by molar-refractivity contribution is -0.122. The maximum absolute atomic E-state index is 11.7. The first-order valence-corrected chi connectivity index (χ1v) is 7.77. The van der Waals surface area contributed by atoms with E-state index >= 15 is 0 Å². The van der Waals surface area contributed by atoms with Crippen LogP contribution in [0.5, 0.6) is 5.75 Å². The van der Waals surface area contributed by atoms with Gasteiger partial charge in [-0.05, 0) is 24.6 Å². The van der Waals surface area contributed by atoms with Gasteiger partial charge in [0.25, 0.3) is 0 Å². The average Bonchev–Trinajstić information content (AvgIpc) is 2.97. The second-order valence-corrected chi connectivity index (χ2v) is 5.83. The molecule has 0 saturated carbocycles. The van der Waals surface area contributed by atoms with Gasteiger partial charge in [-0.1, -0.05) is 12.1 Å². The summed E-state index contributed by atoms with van der Waals surface area (Å²) in [6.45, 7) is 2.35. The number of rotatable bonds is 6. The summed E-state index contributed by atoms with van der Waals surface area (Å²) in [4.78, 5) is 11.7. The highest BCUT2D eigenvalue weighted by molar-refractivity contribution is 7.99. The minimum absolute atomic E-state index is 0.0652. The van der Waals surface area contributed by atoms with Crippen LogP contribution >= 0.6 is 11.8 Å². The molecule has 1 aliphatic rings. The van der Waals surface area contributed by atoms with Crippen LogP contribution in [0.15, 0.2) is 24.3 Å². The third-order valence-corrected chi connectivity index (χ3v) is 3.92. The van der Waals surface area contributed by atoms with Crippen molar-refractivity contribution in [3.05, 3.63) is 29.8 Å². The summed E-state index contributed by atoms with van der Waals surface area (Å²) < 4.78 is 5.49. The van der Waals surface area contributed by atoms with Crippen molar-refractivity contribution in [3.8, 4) is 5.75 Å². The highest BCUT2D eigenvalue weighted by Crippen LogP contribution is 2.12. The van der Waals surface area contributed by atoms with E-state index in [9.17, 15) is 9.90 Å². The summed E-state index contributed by atoms with van der Waals surface area (Å²) in [5.41, 5.74) is 1.11. The monoisotopic (exact) mass is 296 g/mol. The molecule has 0 aliphatic carbocycles. The molecule has 1 aromatic carbocycles. The average molecular weight is 296 g/mol. The number of aryl methyl sites for hydroxylation is 1. The van der Waals surface area contributed by atoms with Gasteiger partial charge in [-0.15, -0.1) is 11.8 Å². The molecule has 1 amide bonds. The number of hydrogen-bond donors (Lipinski definition) is 3. The standard InChI is InChI=1S/C14H20N2O3S/c1-10-3-2-4-12(5-10)19-7-11(17)6-15-14(18)13-8-20-9-16-13/h2-5,11,13,16-17H,6-9H2,1H3,(H,15,18). The van der Waals surface area contributed by atoms with Crippen molar-refractivity contribution in [2.24, 2.45) is 0 Å². The lowest BCUT2D eigenvalue weighted by Gasteiger charge is -2.15. The number of aliphatic hydroxyl groups excluding tert-OH is 1. The van der Waals surface area contributed by atoms with Crippen LogP contribution in [0.2, 0.25) is 0 Å². The molecule has 1 fully saturated rings. The van der Waals surface area contributed by atoms with Crippen LogP contribution in [0.4, 0.5) is 0 Å². The summed E-state index contributed by atoms with van der Waals surface area (Å²) in [5.74, 6) is 2.24. The van der Waals surface area contributed by atoms with E-state index in [1.165, 1.54) is 0 Å². The van der Waals surface area contributed by atoms with Gasteiger partial charge in [0, 0.05) is 18.2 Å². The Morgan fingerprint density at radius 1 is 1.65 bits per heavy atom. The summed E-state index contributed by atoms with van der Waals surface area (Å²) in [6.07, 6.45) is -0.714. The predicted molar refractivity (Wildman–Crippen MR) is 79.9 cm³/mol. The van der Waals surface area contributed by atoms with Gasteiger partial charge in [-0.3, -0.25) is 10.1 Å². The molecule has 1 aliphatic heterocycles. The number of carbonyl (C=O) groups excluding carboxylic acids is 1. The van der Waals surface area contributed by atoms with Crippen molar-refractivity contribution in [2.45, 2.75) is 19.1 Å². The molecule has 110 valence electrons. The molecule has 0 bridgehead atoms. The van der Waals surface area contributed by atoms with Gasteiger partial charge in [-0.25, -0.2) is 0 Å². The zero-order valence-corrected chi connectivity index (χ0v) is 12.3. The van der Waals surface area contributed by atoms with Crippen molar-refractivity contribution in [2.75, 3.05) is 24.8 Å². The molecule has 2 atom stereocenters. The molecule has 0 aromatic heterocycles. The zero-order valence-electron chi connectivity index (χ0n) is 11.5. The van der Waals surface area contributed by atoms with Gasteiger partial charge in [0.15, 0.2) is 0 Å². The van der Waals surface area contributed by atoms with E-state index in [0.29, 0.717) is 0 Å². The van der Waals surface area contributed by atoms with Crippen LogP contribution in [0, 0.1) is 6.92 Å². The van der Waals surface area contributed by atoms with Crippen molar-refractivity contribution >= 4 is 17.7 Å². The van der Waals surface area contributed by atoms with E-state index in [4.69, 9.17) is 4.74 Å². The molecule has 2 unspecified atom stereocenters. The van der Waals surface area contributed by atoms with E-state index in [2.05, 4.69) is 10.6 Å². The maximum atomic E-state index is 11.7. The normalized spacial score (nSPS) is 19.6. The fourth-order valence-corrected chi connectivity index (χ4v) is 2.80. The van der Waals surface area contributed by atoms with Gasteiger partial charge in [0.05, 0.1) is 6.04 Å². The predicted octanol–water partition coefficient (Wildman–Crippen LogP) is 0.513. The molecule has 6 heteroatoms. The van der Waals surface area contributed by atoms with Crippen molar-refractivity contribution in [1.82, 2.24) is 10.6 Å². The molecule has 1 heterocycles. The van der Waals surface area contributed by atoms with Gasteiger partial charge in [0.2, 0.25) is 5.91 Å². The second-order valence-electron chi connectivity index (χ2n) is 4.80. The molecular formula is C14H20N2O3S. The Morgan fingerprint density at radius 2 is 2.50 bits per heavy atom. The Balaban J connectivity index is 1.67. The Morgan fingerprint density at radius 3 is 3.20 bits per heavy atom. The summed E-state index contributed by atoms with van der Waals surface area (Å²) in [7, 11) is 0. The first-order valence-electron chi connectivity index (χ1n) is 6.61. The van der Waals surface area contributed by atoms with E-state index in [-0.39, 0.29) is 25.1 Å². The van der Waals surface area contributed by atoms with Gasteiger partial charge in [0.1, 0.15) is 18.5 Å². The molecule has 5 nitrogen and oxygen atoms in total. The van der Waals surface area contributed by atoms with Crippen LogP contribution in [-0.2, 0) is 4.79 Å². The molecule has 2 rings (SSSR count). The van der Waals surface area contributed by atoms with Crippen LogP contribution < -0.4 is 15.4 Å². The van der Waals surface area contributed by atoms with E-state index in [1.54, 1.807) is 11.8 Å². The number of amides is 1. The lowest BCUT2D eigenvalue weighted by Crippen LogP contribution is -2.45. The number of benzene rings is 1. The van der Waals surface area contributed by atoms with Gasteiger partial charge in [-0.2, -0.15) is 0 Å². The van der Waals surface area contributed by atoms with Crippen molar-refractivity contribution in [1.29, 1.82) is 0 Å². The highest BCUT2D eigenvalue weighted by atomic mass is 32.2. The zero-order chi connectivity index (χ0) is 14.4. The van der Waals surface area contributed by atoms with Crippen molar-refractivity contribution < 1.29 is 14.6 Å². The SMILES string of the molecule is Cc1cccc(OCC(O)CNC(=O)C2CSCN2)c1. The Hall–Kier alpha value is -1.24. The summed E-state index contributed by atoms with van der Waals surface area (Å²) in [6, 6.07) is 7.49. The molecule has 1 aromatic rings. The van der Waals surface area contributed by atoms with E-state index in [1.807, 2.05) is 31.2 Å². The number of hydrogen-bond acceptors (Lipinski definition) is 5. The largest absolute Gasteiger partial charge is 0.491 e. The maximum Gasteiger partial charge on any atom is 0.238 e. The fourth-order valence-electron chi connectivity index (χ4n) is 1.86. The number of aliphatic hydroxyl groups is 1. The van der Waals surface area contributed by atoms with Crippen molar-refractivity contribution in [3.63, 3.8) is 0 Å². The first-order chi connectivity index (χ1) is 9.65. The third-order valence-electron chi connectivity index (χ3n) is 2.98. The van der Waals surface area contributed by atoms with Crippen LogP contribution in [-0.4, -0.2) is 47.9 Å². The Labute approximate surface area is 123 Å². The minimum atomic E-state index is -0.714. The minimum Gasteiger partial charge on any atom is -0.491 e. The smallest absolute Gasteiger partial charge is 0.238 e. The number of carbonyl (C=O) groups is 1. The number of thioether (sulfide) groups is 1. The molecule has 20 heavy (non-hydrogen) atoms. The molecule has 0 spiro atoms. The molecule has 3 N–H and O–H groups in total. The van der Waals surface area contributed by atoms with E-state index < -0.39 is 6.10 Å². The summed E-state index contributed by atoms with van der Waals surface area (Å²) >= 11 is 1.69. The third kappa shape index (κ3) is 4.70. The van der Waals surface area contributed by atoms with Crippen LogP contribution in [0.1, 0.15) is 5.56 Å². The second kappa shape index (κ2) is 7.52. The molecule has 1 saturated heterocycles.